The summed E-state index contributed by atoms with van der Waals surface area (Å²) in [6.45, 7) is 4.49. The van der Waals surface area contributed by atoms with Crippen molar-refractivity contribution in [1.29, 1.82) is 0 Å². The molecule has 4 rings (SSSR count). The second-order valence-corrected chi connectivity index (χ2v) is 9.01. The summed E-state index contributed by atoms with van der Waals surface area (Å²) >= 11 is 0. The minimum absolute atomic E-state index is 0.200. The van der Waals surface area contributed by atoms with Gasteiger partial charge in [-0.2, -0.15) is 0 Å². The predicted octanol–water partition coefficient (Wildman–Crippen LogP) is 9.74. The Morgan fingerprint density at radius 3 is 1.86 bits per heavy atom. The molecule has 0 saturated carbocycles. The number of ether oxygens (including phenoxy) is 1. The van der Waals surface area contributed by atoms with Crippen LogP contribution < -0.4 is 4.74 Å². The Balaban J connectivity index is 1.49. The van der Waals surface area contributed by atoms with Gasteiger partial charge in [0.2, 0.25) is 0 Å². The van der Waals surface area contributed by atoms with E-state index in [0.29, 0.717) is 29.0 Å². The quantitative estimate of drug-likeness (QED) is 0.156. The van der Waals surface area contributed by atoms with Crippen molar-refractivity contribution in [3.8, 4) is 28.0 Å². The molecule has 4 aromatic rings. The van der Waals surface area contributed by atoms with E-state index in [1.165, 1.54) is 18.1 Å². The molecule has 0 N–H and O–H groups in total. The van der Waals surface area contributed by atoms with Crippen LogP contribution in [0, 0.1) is 17.5 Å². The fourth-order valence-corrected chi connectivity index (χ4v) is 4.28. The van der Waals surface area contributed by atoms with Crippen molar-refractivity contribution in [2.24, 2.45) is 0 Å². The van der Waals surface area contributed by atoms with Gasteiger partial charge in [-0.05, 0) is 54.2 Å². The standard InChI is InChI=1S/C33H31F3O/c1-3-5-6-7-23-8-13-25(14-9-23)29-20-21-30(33(36)32(29)35)26-15-10-24(11-16-26)12-17-27-18-19-28(37-4-2)22-31(27)34/h8-22H,3-7H2,1-2H3/b17-12+. The number of unbranched alkanes of at least 4 members (excludes halogenated alkanes) is 2. The van der Waals surface area contributed by atoms with Gasteiger partial charge in [-0.25, -0.2) is 13.2 Å². The zero-order valence-corrected chi connectivity index (χ0v) is 21.2. The van der Waals surface area contributed by atoms with E-state index in [-0.39, 0.29) is 16.9 Å². The van der Waals surface area contributed by atoms with Gasteiger partial charge in [0.15, 0.2) is 11.6 Å². The molecule has 37 heavy (non-hydrogen) atoms. The van der Waals surface area contributed by atoms with Crippen molar-refractivity contribution in [3.63, 3.8) is 0 Å². The summed E-state index contributed by atoms with van der Waals surface area (Å²) in [6.07, 6.45) is 7.91. The summed E-state index contributed by atoms with van der Waals surface area (Å²) in [4.78, 5) is 0. The van der Waals surface area contributed by atoms with Gasteiger partial charge in [-0.3, -0.25) is 0 Å². The summed E-state index contributed by atoms with van der Waals surface area (Å²) in [6, 6.07) is 22.7. The molecule has 0 spiro atoms. The van der Waals surface area contributed by atoms with Crippen molar-refractivity contribution < 1.29 is 17.9 Å². The molecule has 0 aliphatic heterocycles. The molecule has 0 unspecified atom stereocenters. The van der Waals surface area contributed by atoms with Crippen molar-refractivity contribution in [2.45, 2.75) is 39.5 Å². The van der Waals surface area contributed by atoms with Gasteiger partial charge in [0.25, 0.3) is 0 Å². The van der Waals surface area contributed by atoms with Crippen molar-refractivity contribution in [1.82, 2.24) is 0 Å². The highest BCUT2D eigenvalue weighted by molar-refractivity contribution is 5.75. The first-order chi connectivity index (χ1) is 18.0. The molecule has 0 aromatic heterocycles. The number of hydrogen-bond donors (Lipinski definition) is 0. The molecule has 0 bridgehead atoms. The number of rotatable bonds is 10. The van der Waals surface area contributed by atoms with E-state index in [1.807, 2.05) is 31.2 Å². The molecule has 0 heterocycles. The van der Waals surface area contributed by atoms with Gasteiger partial charge < -0.3 is 4.74 Å². The van der Waals surface area contributed by atoms with Crippen LogP contribution >= 0.6 is 0 Å². The number of halogens is 3. The second kappa shape index (κ2) is 12.4. The van der Waals surface area contributed by atoms with E-state index in [1.54, 1.807) is 60.7 Å². The Kier molecular flexibility index (Phi) is 8.84. The highest BCUT2D eigenvalue weighted by Crippen LogP contribution is 2.32. The van der Waals surface area contributed by atoms with Crippen LogP contribution in [-0.2, 0) is 6.42 Å². The van der Waals surface area contributed by atoms with Gasteiger partial charge in [0, 0.05) is 22.8 Å². The highest BCUT2D eigenvalue weighted by atomic mass is 19.2. The summed E-state index contributed by atoms with van der Waals surface area (Å²) in [7, 11) is 0. The molecule has 1 nitrogen and oxygen atoms in total. The lowest BCUT2D eigenvalue weighted by Gasteiger charge is -2.10. The minimum Gasteiger partial charge on any atom is -0.494 e. The maximum atomic E-state index is 15.1. The van der Waals surface area contributed by atoms with Crippen LogP contribution in [0.5, 0.6) is 5.75 Å². The van der Waals surface area contributed by atoms with Gasteiger partial charge in [0.1, 0.15) is 11.6 Å². The smallest absolute Gasteiger partial charge is 0.167 e. The number of benzene rings is 4. The molecule has 0 aliphatic rings. The fourth-order valence-electron chi connectivity index (χ4n) is 4.28. The van der Waals surface area contributed by atoms with Crippen molar-refractivity contribution >= 4 is 12.2 Å². The molecule has 0 fully saturated rings. The third-order valence-corrected chi connectivity index (χ3v) is 6.38. The fraction of sp³-hybridized carbons (Fsp3) is 0.212. The van der Waals surface area contributed by atoms with Crippen molar-refractivity contribution in [2.75, 3.05) is 6.61 Å². The molecular formula is C33H31F3O. The second-order valence-electron chi connectivity index (χ2n) is 9.01. The topological polar surface area (TPSA) is 9.23 Å². The molecule has 0 radical (unpaired) electrons. The van der Waals surface area contributed by atoms with Crippen LogP contribution in [0.4, 0.5) is 13.2 Å². The van der Waals surface area contributed by atoms with E-state index in [4.69, 9.17) is 4.74 Å². The molecule has 190 valence electrons. The number of aryl methyl sites for hydroxylation is 1. The molecule has 0 atom stereocenters. The summed E-state index contributed by atoms with van der Waals surface area (Å²) in [5, 5.41) is 0. The van der Waals surface area contributed by atoms with Gasteiger partial charge >= 0.3 is 0 Å². The van der Waals surface area contributed by atoms with Crippen LogP contribution in [0.3, 0.4) is 0 Å². The van der Waals surface area contributed by atoms with Gasteiger partial charge in [0.05, 0.1) is 6.61 Å². The maximum absolute atomic E-state index is 15.1. The predicted molar refractivity (Wildman–Crippen MR) is 147 cm³/mol. The van der Waals surface area contributed by atoms with Crippen LogP contribution in [0.2, 0.25) is 0 Å². The summed E-state index contributed by atoms with van der Waals surface area (Å²) in [5.74, 6) is -1.61. The van der Waals surface area contributed by atoms with E-state index < -0.39 is 11.6 Å². The zero-order chi connectivity index (χ0) is 26.2. The lowest BCUT2D eigenvalue weighted by atomic mass is 9.97. The third-order valence-electron chi connectivity index (χ3n) is 6.38. The molecule has 0 aliphatic carbocycles. The number of hydrogen-bond acceptors (Lipinski definition) is 1. The molecule has 4 heteroatoms. The summed E-state index contributed by atoms with van der Waals surface area (Å²) < 4.78 is 49.7. The first-order valence-corrected chi connectivity index (χ1v) is 12.8. The Labute approximate surface area is 217 Å². The largest absolute Gasteiger partial charge is 0.494 e. The molecule has 0 saturated heterocycles. The lowest BCUT2D eigenvalue weighted by Crippen LogP contribution is -1.94. The van der Waals surface area contributed by atoms with Crippen LogP contribution in [0.1, 0.15) is 49.8 Å². The molecule has 4 aromatic carbocycles. The van der Waals surface area contributed by atoms with Gasteiger partial charge in [-0.15, -0.1) is 0 Å². The van der Waals surface area contributed by atoms with Crippen LogP contribution in [0.15, 0.2) is 78.9 Å². The Hall–Kier alpha value is -3.79. The average molecular weight is 501 g/mol. The zero-order valence-electron chi connectivity index (χ0n) is 21.2. The lowest BCUT2D eigenvalue weighted by molar-refractivity contribution is 0.338. The molecule has 0 amide bonds. The first-order valence-electron chi connectivity index (χ1n) is 12.8. The van der Waals surface area contributed by atoms with E-state index in [2.05, 4.69) is 6.92 Å². The third kappa shape index (κ3) is 6.51. The Bertz CT molecular complexity index is 1360. The van der Waals surface area contributed by atoms with Crippen LogP contribution in [0.25, 0.3) is 34.4 Å². The minimum atomic E-state index is -0.871. The first kappa shape index (κ1) is 26.3. The van der Waals surface area contributed by atoms with E-state index in [0.717, 1.165) is 24.8 Å². The van der Waals surface area contributed by atoms with Crippen LogP contribution in [-0.4, -0.2) is 6.61 Å². The monoisotopic (exact) mass is 500 g/mol. The van der Waals surface area contributed by atoms with E-state index >= 15 is 8.78 Å². The highest BCUT2D eigenvalue weighted by Gasteiger charge is 2.16. The summed E-state index contributed by atoms with van der Waals surface area (Å²) in [5.41, 5.74) is 4.12. The Morgan fingerprint density at radius 2 is 1.30 bits per heavy atom. The maximum Gasteiger partial charge on any atom is 0.167 e. The Morgan fingerprint density at radius 1 is 0.676 bits per heavy atom. The van der Waals surface area contributed by atoms with Gasteiger partial charge in [-0.1, -0.05) is 92.6 Å². The average Bonchev–Trinajstić information content (AvgIpc) is 2.91. The normalized spacial score (nSPS) is 11.3. The molecular weight excluding hydrogens is 469 g/mol. The van der Waals surface area contributed by atoms with E-state index in [9.17, 15) is 4.39 Å². The SMILES string of the molecule is CCCCCc1ccc(-c2ccc(-c3ccc(/C=C/c4ccc(OCC)cc4F)cc3)c(F)c2F)cc1. The van der Waals surface area contributed by atoms with Crippen molar-refractivity contribution in [3.05, 3.63) is 113 Å².